The van der Waals surface area contributed by atoms with Crippen molar-refractivity contribution >= 4 is 44.4 Å². The van der Waals surface area contributed by atoms with E-state index in [4.69, 9.17) is 9.47 Å². The van der Waals surface area contributed by atoms with Crippen molar-refractivity contribution in [2.75, 3.05) is 11.9 Å². The van der Waals surface area contributed by atoms with E-state index in [9.17, 15) is 10.1 Å². The zero-order valence-electron chi connectivity index (χ0n) is 20.0. The second-order valence-corrected chi connectivity index (χ2v) is 9.03. The third-order valence-electron chi connectivity index (χ3n) is 5.57. The van der Waals surface area contributed by atoms with Crippen LogP contribution in [0.25, 0.3) is 16.8 Å². The molecule has 0 radical (unpaired) electrons. The number of hydrogen-bond donors (Lipinski definition) is 1. The fourth-order valence-corrected chi connectivity index (χ4v) is 4.28. The maximum Gasteiger partial charge on any atom is 0.266 e. The van der Waals surface area contributed by atoms with Crippen molar-refractivity contribution < 1.29 is 14.3 Å². The minimum Gasteiger partial charge on any atom is -0.490 e. The van der Waals surface area contributed by atoms with E-state index in [1.165, 1.54) is 6.08 Å². The summed E-state index contributed by atoms with van der Waals surface area (Å²) in [6, 6.07) is 27.3. The first-order valence-electron chi connectivity index (χ1n) is 11.5. The topological polar surface area (TPSA) is 71.3 Å². The lowest BCUT2D eigenvalue weighted by Gasteiger charge is -2.15. The number of carbonyl (C=O) groups excluding carboxylic acids is 1. The van der Waals surface area contributed by atoms with Gasteiger partial charge in [0.25, 0.3) is 5.91 Å². The van der Waals surface area contributed by atoms with Gasteiger partial charge >= 0.3 is 0 Å². The van der Waals surface area contributed by atoms with Gasteiger partial charge in [0.1, 0.15) is 18.2 Å². The van der Waals surface area contributed by atoms with Crippen LogP contribution in [0.1, 0.15) is 23.6 Å². The van der Waals surface area contributed by atoms with Crippen molar-refractivity contribution in [3.63, 3.8) is 0 Å². The molecule has 0 aliphatic carbocycles. The van der Waals surface area contributed by atoms with Crippen molar-refractivity contribution in [2.45, 2.75) is 20.5 Å². The summed E-state index contributed by atoms with van der Waals surface area (Å²) in [6.07, 6.45) is 1.53. The molecule has 4 aromatic carbocycles. The van der Waals surface area contributed by atoms with E-state index in [0.29, 0.717) is 40.4 Å². The lowest BCUT2D eigenvalue weighted by Crippen LogP contribution is -2.13. The van der Waals surface area contributed by atoms with Gasteiger partial charge in [-0.05, 0) is 71.7 Å². The van der Waals surface area contributed by atoms with Crippen molar-refractivity contribution in [1.29, 1.82) is 5.26 Å². The van der Waals surface area contributed by atoms with Gasteiger partial charge in [-0.3, -0.25) is 4.79 Å². The van der Waals surface area contributed by atoms with Gasteiger partial charge in [-0.2, -0.15) is 5.26 Å². The number of fused-ring (bicyclic) bond motifs is 1. The third kappa shape index (κ3) is 5.94. The largest absolute Gasteiger partial charge is 0.490 e. The molecule has 4 aromatic rings. The van der Waals surface area contributed by atoms with Gasteiger partial charge < -0.3 is 14.8 Å². The molecular formula is C30H25BrN2O3. The highest BCUT2D eigenvalue weighted by Gasteiger charge is 2.15. The number of halogens is 1. The summed E-state index contributed by atoms with van der Waals surface area (Å²) in [6.45, 7) is 4.63. The van der Waals surface area contributed by atoms with Gasteiger partial charge in [0, 0.05) is 10.2 Å². The van der Waals surface area contributed by atoms with Crippen LogP contribution in [0.3, 0.4) is 0 Å². The Morgan fingerprint density at radius 2 is 1.75 bits per heavy atom. The molecule has 0 fully saturated rings. The molecule has 180 valence electrons. The summed E-state index contributed by atoms with van der Waals surface area (Å²) in [4.78, 5) is 12.7. The highest BCUT2D eigenvalue weighted by molar-refractivity contribution is 9.10. The quantitative estimate of drug-likeness (QED) is 0.186. The second kappa shape index (κ2) is 11.6. The molecule has 0 saturated carbocycles. The predicted octanol–water partition coefficient (Wildman–Crippen LogP) is 7.43. The zero-order chi connectivity index (χ0) is 25.5. The Bertz CT molecular complexity index is 1480. The molecule has 0 atom stereocenters. The summed E-state index contributed by atoms with van der Waals surface area (Å²) in [5.41, 5.74) is 3.32. The molecule has 0 heterocycles. The summed E-state index contributed by atoms with van der Waals surface area (Å²) in [5, 5.41) is 14.7. The van der Waals surface area contributed by atoms with Gasteiger partial charge in [-0.1, -0.05) is 70.5 Å². The molecule has 36 heavy (non-hydrogen) atoms. The summed E-state index contributed by atoms with van der Waals surface area (Å²) in [7, 11) is 0. The van der Waals surface area contributed by atoms with Crippen LogP contribution in [-0.2, 0) is 11.4 Å². The average Bonchev–Trinajstić information content (AvgIpc) is 2.87. The molecule has 0 spiro atoms. The molecule has 5 nitrogen and oxygen atoms in total. The molecule has 6 heteroatoms. The number of carbonyl (C=O) groups is 1. The Kier molecular flexibility index (Phi) is 8.04. The van der Waals surface area contributed by atoms with Crippen molar-refractivity contribution in [3.8, 4) is 17.6 Å². The van der Waals surface area contributed by atoms with E-state index >= 15 is 0 Å². The normalized spacial score (nSPS) is 11.1. The summed E-state index contributed by atoms with van der Waals surface area (Å²) in [5.74, 6) is 0.615. The second-order valence-electron chi connectivity index (χ2n) is 8.17. The number of rotatable bonds is 8. The van der Waals surface area contributed by atoms with E-state index in [2.05, 4.69) is 39.4 Å². The smallest absolute Gasteiger partial charge is 0.266 e. The lowest BCUT2D eigenvalue weighted by molar-refractivity contribution is -0.112. The predicted molar refractivity (Wildman–Crippen MR) is 147 cm³/mol. The Balaban J connectivity index is 1.59. The van der Waals surface area contributed by atoms with Crippen LogP contribution in [-0.4, -0.2) is 12.5 Å². The minimum atomic E-state index is -0.482. The first-order chi connectivity index (χ1) is 17.5. The van der Waals surface area contributed by atoms with Gasteiger partial charge in [0.2, 0.25) is 0 Å². The fraction of sp³-hybridized carbons (Fsp3) is 0.133. The Morgan fingerprint density at radius 3 is 2.53 bits per heavy atom. The molecule has 1 N–H and O–H groups in total. The molecule has 0 aliphatic heterocycles. The molecule has 0 unspecified atom stereocenters. The lowest BCUT2D eigenvalue weighted by atomic mass is 10.1. The summed E-state index contributed by atoms with van der Waals surface area (Å²) < 4.78 is 12.7. The number of nitrogens with one attached hydrogen (secondary N) is 1. The van der Waals surface area contributed by atoms with Gasteiger partial charge in [0.05, 0.1) is 6.61 Å². The van der Waals surface area contributed by atoms with Crippen LogP contribution in [0.4, 0.5) is 5.69 Å². The summed E-state index contributed by atoms with van der Waals surface area (Å²) >= 11 is 3.56. The standard InChI is InChI=1S/C30H25BrN2O3/c1-3-35-28-16-23(15-24(18-32)30(34)33-25-12-6-8-20(2)14-25)27(31)17-29(28)36-19-22-11-7-10-21-9-4-5-13-26(21)22/h4-17H,3,19H2,1-2H3,(H,33,34)/b24-15+. The molecular weight excluding hydrogens is 516 g/mol. The van der Waals surface area contributed by atoms with E-state index in [-0.39, 0.29) is 5.57 Å². The monoisotopic (exact) mass is 540 g/mol. The first-order valence-corrected chi connectivity index (χ1v) is 12.3. The van der Waals surface area contributed by atoms with Crippen LogP contribution in [0.15, 0.2) is 88.9 Å². The molecule has 0 saturated heterocycles. The SMILES string of the molecule is CCOc1cc(/C=C(\C#N)C(=O)Nc2cccc(C)c2)c(Br)cc1OCc1cccc2ccccc12. The number of nitriles is 1. The first kappa shape index (κ1) is 25.0. The number of benzene rings is 4. The molecule has 4 rings (SSSR count). The van der Waals surface area contributed by atoms with Crippen LogP contribution < -0.4 is 14.8 Å². The van der Waals surface area contributed by atoms with Crippen LogP contribution in [0, 0.1) is 18.3 Å². The molecule has 1 amide bonds. The van der Waals surface area contributed by atoms with Gasteiger partial charge in [-0.15, -0.1) is 0 Å². The van der Waals surface area contributed by atoms with E-state index < -0.39 is 5.91 Å². The number of ether oxygens (including phenoxy) is 2. The van der Waals surface area contributed by atoms with Crippen molar-refractivity contribution in [3.05, 3.63) is 106 Å². The highest BCUT2D eigenvalue weighted by atomic mass is 79.9. The Labute approximate surface area is 219 Å². The minimum absolute atomic E-state index is 0.0240. The number of anilines is 1. The number of nitrogens with zero attached hydrogens (tertiary/aromatic N) is 1. The van der Waals surface area contributed by atoms with E-state index in [1.807, 2.05) is 62.4 Å². The number of amides is 1. The molecule has 0 bridgehead atoms. The fourth-order valence-electron chi connectivity index (χ4n) is 3.84. The van der Waals surface area contributed by atoms with Gasteiger partial charge in [-0.25, -0.2) is 0 Å². The van der Waals surface area contributed by atoms with E-state index in [1.54, 1.807) is 18.2 Å². The Hall–Kier alpha value is -4.08. The maximum atomic E-state index is 12.7. The number of hydrogen-bond acceptors (Lipinski definition) is 4. The average molecular weight is 541 g/mol. The molecule has 0 aromatic heterocycles. The van der Waals surface area contributed by atoms with Crippen LogP contribution in [0.5, 0.6) is 11.5 Å². The molecule has 0 aliphatic rings. The third-order valence-corrected chi connectivity index (χ3v) is 6.25. The van der Waals surface area contributed by atoms with Gasteiger partial charge in [0.15, 0.2) is 11.5 Å². The van der Waals surface area contributed by atoms with Crippen molar-refractivity contribution in [2.24, 2.45) is 0 Å². The van der Waals surface area contributed by atoms with Crippen LogP contribution >= 0.6 is 15.9 Å². The number of aryl methyl sites for hydroxylation is 1. The van der Waals surface area contributed by atoms with Crippen LogP contribution in [0.2, 0.25) is 0 Å². The maximum absolute atomic E-state index is 12.7. The van der Waals surface area contributed by atoms with E-state index in [0.717, 1.165) is 21.9 Å². The van der Waals surface area contributed by atoms with Crippen molar-refractivity contribution in [1.82, 2.24) is 0 Å². The highest BCUT2D eigenvalue weighted by Crippen LogP contribution is 2.36. The Morgan fingerprint density at radius 1 is 1.00 bits per heavy atom. The zero-order valence-corrected chi connectivity index (χ0v) is 21.6.